The number of hydrogen-bond acceptors (Lipinski definition) is 5. The average Bonchev–Trinajstić information content (AvgIpc) is 3.30. The first-order valence-electron chi connectivity index (χ1n) is 8.63. The summed E-state index contributed by atoms with van der Waals surface area (Å²) in [6.45, 7) is 2.44. The number of carbonyl (C=O) groups excluding carboxylic acids is 1. The predicted molar refractivity (Wildman–Crippen MR) is 105 cm³/mol. The van der Waals surface area contributed by atoms with Crippen LogP contribution in [0.1, 0.15) is 13.3 Å². The molecule has 0 N–H and O–H groups in total. The molecule has 2 aromatic rings. The van der Waals surface area contributed by atoms with Gasteiger partial charge in [-0.1, -0.05) is 31.2 Å². The van der Waals surface area contributed by atoms with Crippen LogP contribution < -0.4 is 4.90 Å². The van der Waals surface area contributed by atoms with Gasteiger partial charge in [0.25, 0.3) is 0 Å². The number of fused-ring (bicyclic) bond motifs is 1. The number of nitrogens with zero attached hydrogens (tertiary/aromatic N) is 4. The van der Waals surface area contributed by atoms with Crippen LogP contribution in [0.15, 0.2) is 62.2 Å². The van der Waals surface area contributed by atoms with E-state index in [1.807, 2.05) is 30.3 Å². The molecule has 0 aliphatic carbocycles. The SMILES string of the molecule is CCN(C1CCN(c2ccccc2)C1=O)S(=O)(=O)c1cccc2c1N=S=N2. The molecule has 1 unspecified atom stereocenters. The van der Waals surface area contributed by atoms with Gasteiger partial charge in [0, 0.05) is 18.8 Å². The quantitative estimate of drug-likeness (QED) is 0.657. The second-order valence-electron chi connectivity index (χ2n) is 6.23. The van der Waals surface area contributed by atoms with Gasteiger partial charge in [-0.2, -0.15) is 13.0 Å². The Kier molecular flexibility index (Phi) is 4.67. The van der Waals surface area contributed by atoms with Crippen LogP contribution in [-0.4, -0.2) is 37.8 Å². The third kappa shape index (κ3) is 3.01. The van der Waals surface area contributed by atoms with Crippen LogP contribution in [0.25, 0.3) is 0 Å². The van der Waals surface area contributed by atoms with Crippen LogP contribution in [0, 0.1) is 0 Å². The molecule has 2 aliphatic rings. The number of carbonyl (C=O) groups is 1. The molecule has 2 aromatic carbocycles. The minimum Gasteiger partial charge on any atom is -0.311 e. The van der Waals surface area contributed by atoms with Gasteiger partial charge in [0.2, 0.25) is 15.9 Å². The summed E-state index contributed by atoms with van der Waals surface area (Å²) in [6.07, 6.45) is 0.450. The lowest BCUT2D eigenvalue weighted by atomic mass is 10.2. The van der Waals surface area contributed by atoms with Crippen LogP contribution in [-0.2, 0) is 26.2 Å². The highest BCUT2D eigenvalue weighted by Gasteiger charge is 2.42. The molecular formula is C18H18N4O3S2. The summed E-state index contributed by atoms with van der Waals surface area (Å²) in [4.78, 5) is 14.7. The topological polar surface area (TPSA) is 82.4 Å². The van der Waals surface area contributed by atoms with E-state index in [0.717, 1.165) is 17.0 Å². The zero-order chi connectivity index (χ0) is 19.0. The lowest BCUT2D eigenvalue weighted by Crippen LogP contribution is -2.45. The molecule has 1 fully saturated rings. The molecular weight excluding hydrogens is 384 g/mol. The maximum atomic E-state index is 13.3. The lowest BCUT2D eigenvalue weighted by Gasteiger charge is -2.26. The Morgan fingerprint density at radius 3 is 2.67 bits per heavy atom. The van der Waals surface area contributed by atoms with Crippen LogP contribution in [0.5, 0.6) is 0 Å². The molecule has 1 saturated heterocycles. The van der Waals surface area contributed by atoms with E-state index in [9.17, 15) is 13.2 Å². The maximum absolute atomic E-state index is 13.3. The molecule has 0 aromatic heterocycles. The highest BCUT2D eigenvalue weighted by Crippen LogP contribution is 2.39. The van der Waals surface area contributed by atoms with E-state index in [-0.39, 0.29) is 17.3 Å². The summed E-state index contributed by atoms with van der Waals surface area (Å²) in [5.74, 6) is -0.199. The standard InChI is InChI=1S/C18H18N4O3S2/c1-2-22(15-11-12-21(18(15)23)13-7-4-3-5-8-13)27(24,25)16-10-6-9-14-17(16)20-26-19-14/h3-10,15H,2,11-12H2,1H3. The van der Waals surface area contributed by atoms with Crippen molar-refractivity contribution < 1.29 is 13.2 Å². The Bertz CT molecular complexity index is 1060. The molecule has 0 bridgehead atoms. The number of amides is 1. The van der Waals surface area contributed by atoms with Crippen molar-refractivity contribution in [3.63, 3.8) is 0 Å². The zero-order valence-electron chi connectivity index (χ0n) is 14.6. The van der Waals surface area contributed by atoms with Crippen LogP contribution in [0.4, 0.5) is 17.1 Å². The molecule has 0 spiro atoms. The van der Waals surface area contributed by atoms with Gasteiger partial charge in [-0.05, 0) is 30.7 Å². The Balaban J connectivity index is 1.68. The summed E-state index contributed by atoms with van der Waals surface area (Å²) in [6, 6.07) is 13.5. The van der Waals surface area contributed by atoms with E-state index in [4.69, 9.17) is 0 Å². The first-order valence-corrected chi connectivity index (χ1v) is 10.8. The van der Waals surface area contributed by atoms with E-state index in [2.05, 4.69) is 8.73 Å². The van der Waals surface area contributed by atoms with Crippen molar-refractivity contribution >= 4 is 44.3 Å². The molecule has 2 heterocycles. The number of sulfonamides is 1. The van der Waals surface area contributed by atoms with Crippen LogP contribution in [0.2, 0.25) is 0 Å². The summed E-state index contributed by atoms with van der Waals surface area (Å²) in [7, 11) is -3.88. The first kappa shape index (κ1) is 18.0. The second kappa shape index (κ2) is 6.99. The smallest absolute Gasteiger partial charge is 0.246 e. The van der Waals surface area contributed by atoms with Crippen molar-refractivity contribution in [2.24, 2.45) is 8.73 Å². The fourth-order valence-electron chi connectivity index (χ4n) is 3.47. The highest BCUT2D eigenvalue weighted by atomic mass is 32.2. The van der Waals surface area contributed by atoms with Crippen LogP contribution in [0.3, 0.4) is 0 Å². The van der Waals surface area contributed by atoms with Gasteiger partial charge in [0.1, 0.15) is 22.3 Å². The average molecular weight is 403 g/mol. The fourth-order valence-corrected chi connectivity index (χ4v) is 5.85. The minimum atomic E-state index is -3.88. The summed E-state index contributed by atoms with van der Waals surface area (Å²) >= 11 is 0.975. The molecule has 7 nitrogen and oxygen atoms in total. The fraction of sp³-hybridized carbons (Fsp3) is 0.278. The molecule has 0 saturated carbocycles. The first-order chi connectivity index (χ1) is 13.0. The summed E-state index contributed by atoms with van der Waals surface area (Å²) in [5, 5.41) is 0. The largest absolute Gasteiger partial charge is 0.311 e. The van der Waals surface area contributed by atoms with E-state index >= 15 is 0 Å². The zero-order valence-corrected chi connectivity index (χ0v) is 16.3. The Morgan fingerprint density at radius 2 is 1.93 bits per heavy atom. The van der Waals surface area contributed by atoms with Gasteiger partial charge in [-0.15, -0.1) is 0 Å². The van der Waals surface area contributed by atoms with Crippen LogP contribution >= 0.6 is 0 Å². The monoisotopic (exact) mass is 402 g/mol. The number of anilines is 1. The van der Waals surface area contributed by atoms with Crippen molar-refractivity contribution in [1.82, 2.24) is 4.31 Å². The number of likely N-dealkylation sites (N-methyl/N-ethyl adjacent to an activating group) is 1. The van der Waals surface area contributed by atoms with Crippen molar-refractivity contribution in [1.29, 1.82) is 0 Å². The lowest BCUT2D eigenvalue weighted by molar-refractivity contribution is -0.120. The molecule has 4 rings (SSSR count). The van der Waals surface area contributed by atoms with Gasteiger partial charge >= 0.3 is 0 Å². The number of para-hydroxylation sites is 1. The maximum Gasteiger partial charge on any atom is 0.246 e. The predicted octanol–water partition coefficient (Wildman–Crippen LogP) is 3.23. The third-order valence-corrected chi connectivity index (χ3v) is 7.30. The number of rotatable bonds is 5. The molecule has 0 radical (unpaired) electrons. The van der Waals surface area contributed by atoms with Gasteiger partial charge < -0.3 is 4.90 Å². The minimum absolute atomic E-state index is 0.0987. The Morgan fingerprint density at radius 1 is 1.15 bits per heavy atom. The van der Waals surface area contributed by atoms with Crippen molar-refractivity contribution in [3.05, 3.63) is 48.5 Å². The molecule has 9 heteroatoms. The molecule has 2 aliphatic heterocycles. The molecule has 1 amide bonds. The summed E-state index contributed by atoms with van der Waals surface area (Å²) < 4.78 is 36.2. The van der Waals surface area contributed by atoms with E-state index in [1.54, 1.807) is 24.0 Å². The van der Waals surface area contributed by atoms with Gasteiger partial charge in [-0.3, -0.25) is 4.79 Å². The number of benzene rings is 2. The Hall–Kier alpha value is -2.36. The van der Waals surface area contributed by atoms with Crippen molar-refractivity contribution in [2.75, 3.05) is 18.0 Å². The molecule has 140 valence electrons. The van der Waals surface area contributed by atoms with E-state index in [0.29, 0.717) is 24.3 Å². The van der Waals surface area contributed by atoms with Gasteiger partial charge in [-0.25, -0.2) is 8.42 Å². The molecule has 1 atom stereocenters. The van der Waals surface area contributed by atoms with Gasteiger partial charge in [0.05, 0.1) is 11.4 Å². The number of hydrogen-bond donors (Lipinski definition) is 0. The molecule has 27 heavy (non-hydrogen) atoms. The van der Waals surface area contributed by atoms with Crippen molar-refractivity contribution in [2.45, 2.75) is 24.3 Å². The highest BCUT2D eigenvalue weighted by molar-refractivity contribution is 7.89. The second-order valence-corrected chi connectivity index (χ2v) is 8.61. The van der Waals surface area contributed by atoms with E-state index < -0.39 is 16.1 Å². The summed E-state index contributed by atoms with van der Waals surface area (Å²) in [5.41, 5.74) is 1.68. The van der Waals surface area contributed by atoms with Gasteiger partial charge in [0.15, 0.2) is 0 Å². The van der Waals surface area contributed by atoms with Crippen molar-refractivity contribution in [3.8, 4) is 0 Å². The Labute approximate surface area is 161 Å². The van der Waals surface area contributed by atoms with E-state index in [1.165, 1.54) is 10.4 Å². The third-order valence-electron chi connectivity index (χ3n) is 4.74. The normalized spacial score (nSPS) is 18.8.